The van der Waals surface area contributed by atoms with Crippen LogP contribution in [0.25, 0.3) is 0 Å². The number of hydrogen-bond donors (Lipinski definition) is 1. The highest BCUT2D eigenvalue weighted by atomic mass is 79.9. The van der Waals surface area contributed by atoms with Crippen LogP contribution in [0.3, 0.4) is 0 Å². The maximum atomic E-state index is 12.0. The van der Waals surface area contributed by atoms with Gasteiger partial charge in [-0.1, -0.05) is 33.6 Å². The monoisotopic (exact) mass is 338 g/mol. The SMILES string of the molecule is Cc1ccc(CNC(=O)c2cc(Cl)cc(Br)c2)cn1. The Bertz CT molecular complexity index is 579. The summed E-state index contributed by atoms with van der Waals surface area (Å²) >= 11 is 9.22. The van der Waals surface area contributed by atoms with Crippen molar-refractivity contribution < 1.29 is 4.79 Å². The minimum atomic E-state index is -0.163. The molecule has 98 valence electrons. The third-order valence-electron chi connectivity index (χ3n) is 2.55. The molecule has 0 spiro atoms. The number of aryl methyl sites for hydroxylation is 1. The third kappa shape index (κ3) is 4.04. The van der Waals surface area contributed by atoms with E-state index in [1.165, 1.54) is 0 Å². The molecule has 0 radical (unpaired) electrons. The lowest BCUT2D eigenvalue weighted by Crippen LogP contribution is -2.22. The van der Waals surface area contributed by atoms with Gasteiger partial charge in [0.05, 0.1) is 0 Å². The maximum absolute atomic E-state index is 12.0. The first-order chi connectivity index (χ1) is 9.04. The molecule has 19 heavy (non-hydrogen) atoms. The molecule has 0 aliphatic rings. The molecule has 2 aromatic rings. The van der Waals surface area contributed by atoms with Crippen molar-refractivity contribution in [1.82, 2.24) is 10.3 Å². The van der Waals surface area contributed by atoms with Crippen molar-refractivity contribution in [2.45, 2.75) is 13.5 Å². The molecule has 0 aliphatic carbocycles. The van der Waals surface area contributed by atoms with Crippen LogP contribution in [0.4, 0.5) is 0 Å². The number of aromatic nitrogens is 1. The minimum absolute atomic E-state index is 0.163. The molecule has 0 saturated carbocycles. The normalized spacial score (nSPS) is 10.3. The fourth-order valence-electron chi connectivity index (χ4n) is 1.57. The van der Waals surface area contributed by atoms with Gasteiger partial charge in [0.25, 0.3) is 5.91 Å². The number of hydrogen-bond acceptors (Lipinski definition) is 2. The van der Waals surface area contributed by atoms with Crippen molar-refractivity contribution in [1.29, 1.82) is 0 Å². The molecule has 1 N–H and O–H groups in total. The first kappa shape index (κ1) is 14.0. The van der Waals surface area contributed by atoms with Gasteiger partial charge in [-0.3, -0.25) is 9.78 Å². The Morgan fingerprint density at radius 1 is 1.37 bits per heavy atom. The van der Waals surface area contributed by atoms with E-state index < -0.39 is 0 Å². The van der Waals surface area contributed by atoms with Crippen molar-refractivity contribution >= 4 is 33.4 Å². The van der Waals surface area contributed by atoms with Gasteiger partial charge in [-0.25, -0.2) is 0 Å². The molecule has 5 heteroatoms. The van der Waals surface area contributed by atoms with Crippen LogP contribution in [-0.2, 0) is 6.54 Å². The predicted octanol–water partition coefficient (Wildman–Crippen LogP) is 3.74. The van der Waals surface area contributed by atoms with Gasteiger partial charge in [0.1, 0.15) is 0 Å². The van der Waals surface area contributed by atoms with E-state index in [2.05, 4.69) is 26.2 Å². The average molecular weight is 340 g/mol. The molecule has 0 fully saturated rings. The number of rotatable bonds is 3. The second-order valence-electron chi connectivity index (χ2n) is 4.15. The molecule has 0 bridgehead atoms. The van der Waals surface area contributed by atoms with Crippen LogP contribution < -0.4 is 5.32 Å². The van der Waals surface area contributed by atoms with Gasteiger partial charge in [-0.2, -0.15) is 0 Å². The summed E-state index contributed by atoms with van der Waals surface area (Å²) in [4.78, 5) is 16.2. The predicted molar refractivity (Wildman–Crippen MR) is 79.3 cm³/mol. The van der Waals surface area contributed by atoms with Crippen LogP contribution in [0.1, 0.15) is 21.6 Å². The second kappa shape index (κ2) is 6.17. The molecule has 2 rings (SSSR count). The number of carbonyl (C=O) groups excluding carboxylic acids is 1. The molecular weight excluding hydrogens is 328 g/mol. The van der Waals surface area contributed by atoms with E-state index in [9.17, 15) is 4.79 Å². The number of nitrogens with zero attached hydrogens (tertiary/aromatic N) is 1. The van der Waals surface area contributed by atoms with E-state index in [0.717, 1.165) is 15.7 Å². The lowest BCUT2D eigenvalue weighted by Gasteiger charge is -2.06. The topological polar surface area (TPSA) is 42.0 Å². The number of halogens is 2. The van der Waals surface area contributed by atoms with Gasteiger partial charge >= 0.3 is 0 Å². The molecule has 1 amide bonds. The molecule has 0 saturated heterocycles. The Morgan fingerprint density at radius 3 is 2.79 bits per heavy atom. The number of pyridine rings is 1. The molecule has 1 aromatic carbocycles. The highest BCUT2D eigenvalue weighted by Gasteiger charge is 2.07. The lowest BCUT2D eigenvalue weighted by atomic mass is 10.2. The molecule has 3 nitrogen and oxygen atoms in total. The van der Waals surface area contributed by atoms with Gasteiger partial charge < -0.3 is 5.32 Å². The zero-order valence-corrected chi connectivity index (χ0v) is 12.6. The number of benzene rings is 1. The van der Waals surface area contributed by atoms with Crippen molar-refractivity contribution in [2.75, 3.05) is 0 Å². The van der Waals surface area contributed by atoms with Gasteiger partial charge in [-0.15, -0.1) is 0 Å². The Labute approximate surface area is 125 Å². The first-order valence-electron chi connectivity index (χ1n) is 5.70. The van der Waals surface area contributed by atoms with Gasteiger partial charge in [0, 0.05) is 33.5 Å². The van der Waals surface area contributed by atoms with Crippen LogP contribution >= 0.6 is 27.5 Å². The maximum Gasteiger partial charge on any atom is 0.251 e. The van der Waals surface area contributed by atoms with E-state index >= 15 is 0 Å². The molecule has 1 aromatic heterocycles. The Kier molecular flexibility index (Phi) is 4.56. The van der Waals surface area contributed by atoms with E-state index in [0.29, 0.717) is 17.1 Å². The highest BCUT2D eigenvalue weighted by Crippen LogP contribution is 2.19. The number of carbonyl (C=O) groups is 1. The molecule has 0 atom stereocenters. The summed E-state index contributed by atoms with van der Waals surface area (Å²) in [5.41, 5.74) is 2.44. The fourth-order valence-corrected chi connectivity index (χ4v) is 2.43. The standard InChI is InChI=1S/C14H12BrClN2O/c1-9-2-3-10(7-17-9)8-18-14(19)11-4-12(15)6-13(16)5-11/h2-7H,8H2,1H3,(H,18,19). The van der Waals surface area contributed by atoms with Crippen molar-refractivity contribution in [3.05, 3.63) is 62.8 Å². The Morgan fingerprint density at radius 2 is 2.16 bits per heavy atom. The largest absolute Gasteiger partial charge is 0.348 e. The molecule has 1 heterocycles. The van der Waals surface area contributed by atoms with Gasteiger partial charge in [0.15, 0.2) is 0 Å². The number of nitrogens with one attached hydrogen (secondary N) is 1. The first-order valence-corrected chi connectivity index (χ1v) is 6.87. The molecular formula is C14H12BrClN2O. The van der Waals surface area contributed by atoms with Crippen LogP contribution in [0.2, 0.25) is 5.02 Å². The van der Waals surface area contributed by atoms with E-state index in [4.69, 9.17) is 11.6 Å². The van der Waals surface area contributed by atoms with Crippen LogP contribution in [0.5, 0.6) is 0 Å². The van der Waals surface area contributed by atoms with Crippen molar-refractivity contribution in [3.8, 4) is 0 Å². The summed E-state index contributed by atoms with van der Waals surface area (Å²) in [5, 5.41) is 3.36. The van der Waals surface area contributed by atoms with E-state index in [1.807, 2.05) is 19.1 Å². The van der Waals surface area contributed by atoms with Crippen molar-refractivity contribution in [2.24, 2.45) is 0 Å². The van der Waals surface area contributed by atoms with Gasteiger partial charge in [-0.05, 0) is 36.8 Å². The summed E-state index contributed by atoms with van der Waals surface area (Å²) < 4.78 is 0.780. The second-order valence-corrected chi connectivity index (χ2v) is 5.50. The summed E-state index contributed by atoms with van der Waals surface area (Å²) in [7, 11) is 0. The Hall–Kier alpha value is -1.39. The van der Waals surface area contributed by atoms with Crippen molar-refractivity contribution in [3.63, 3.8) is 0 Å². The average Bonchev–Trinajstić information content (AvgIpc) is 2.36. The van der Waals surface area contributed by atoms with Crippen LogP contribution in [0, 0.1) is 6.92 Å². The smallest absolute Gasteiger partial charge is 0.251 e. The zero-order valence-electron chi connectivity index (χ0n) is 10.3. The molecule has 0 unspecified atom stereocenters. The van der Waals surface area contributed by atoms with E-state index in [-0.39, 0.29) is 5.91 Å². The lowest BCUT2D eigenvalue weighted by molar-refractivity contribution is 0.0951. The van der Waals surface area contributed by atoms with Crippen LogP contribution in [-0.4, -0.2) is 10.9 Å². The minimum Gasteiger partial charge on any atom is -0.348 e. The summed E-state index contributed by atoms with van der Waals surface area (Å²) in [6.45, 7) is 2.36. The Balaban J connectivity index is 2.03. The third-order valence-corrected chi connectivity index (χ3v) is 3.23. The zero-order chi connectivity index (χ0) is 13.8. The summed E-state index contributed by atoms with van der Waals surface area (Å²) in [6.07, 6.45) is 1.75. The quantitative estimate of drug-likeness (QED) is 0.925. The summed E-state index contributed by atoms with van der Waals surface area (Å²) in [5.74, 6) is -0.163. The summed E-state index contributed by atoms with van der Waals surface area (Å²) in [6, 6.07) is 8.96. The van der Waals surface area contributed by atoms with E-state index in [1.54, 1.807) is 24.4 Å². The fraction of sp³-hybridized carbons (Fsp3) is 0.143. The van der Waals surface area contributed by atoms with Gasteiger partial charge in [0.2, 0.25) is 0 Å². The number of amides is 1. The highest BCUT2D eigenvalue weighted by molar-refractivity contribution is 9.10. The van der Waals surface area contributed by atoms with Crippen LogP contribution in [0.15, 0.2) is 41.0 Å². The molecule has 0 aliphatic heterocycles.